The van der Waals surface area contributed by atoms with Gasteiger partial charge in [-0.1, -0.05) is 0 Å². The molecule has 13 heavy (non-hydrogen) atoms. The Morgan fingerprint density at radius 1 is 1.31 bits per heavy atom. The lowest BCUT2D eigenvalue weighted by molar-refractivity contribution is -0.199. The number of rotatable bonds is 4. The first-order valence-electron chi connectivity index (χ1n) is 3.30. The van der Waals surface area contributed by atoms with Gasteiger partial charge in [0.25, 0.3) is 0 Å². The van der Waals surface area contributed by atoms with Crippen molar-refractivity contribution in [3.63, 3.8) is 0 Å². The van der Waals surface area contributed by atoms with E-state index in [9.17, 15) is 22.8 Å². The summed E-state index contributed by atoms with van der Waals surface area (Å²) < 4.78 is 38.1. The molecular weight excluding hydrogens is 193 g/mol. The van der Waals surface area contributed by atoms with Crippen LogP contribution in [0.15, 0.2) is 0 Å². The van der Waals surface area contributed by atoms with Crippen LogP contribution in [0.2, 0.25) is 0 Å². The van der Waals surface area contributed by atoms with Crippen LogP contribution >= 0.6 is 0 Å². The fraction of sp³-hybridized carbons (Fsp3) is 0.667. The van der Waals surface area contributed by atoms with Gasteiger partial charge in [-0.2, -0.15) is 13.2 Å². The molecular formula is C6H7F3O4. The Morgan fingerprint density at radius 3 is 2.23 bits per heavy atom. The van der Waals surface area contributed by atoms with Gasteiger partial charge in [0.2, 0.25) is 0 Å². The smallest absolute Gasteiger partial charge is 0.481 e. The number of aliphatic carboxylic acids is 1. The Bertz CT molecular complexity index is 199. The molecule has 0 rings (SSSR count). The molecule has 0 saturated carbocycles. The molecule has 0 radical (unpaired) electrons. The first-order chi connectivity index (χ1) is 5.84. The number of carbonyl (C=O) groups is 2. The average molecular weight is 200 g/mol. The summed E-state index contributed by atoms with van der Waals surface area (Å²) in [6.45, 7) is -0.537. The Hall–Kier alpha value is -1.27. The molecule has 4 nitrogen and oxygen atoms in total. The third-order valence-corrected chi connectivity index (χ3v) is 1.000. The molecule has 0 aromatic heterocycles. The molecule has 0 amide bonds. The first-order valence-corrected chi connectivity index (χ1v) is 3.30. The van der Waals surface area contributed by atoms with Gasteiger partial charge in [-0.05, 0) is 6.42 Å². The van der Waals surface area contributed by atoms with Gasteiger partial charge >= 0.3 is 18.1 Å². The SMILES string of the molecule is O=C(O)CCCOC(=O)C(F)(F)F. The Kier molecular flexibility index (Phi) is 4.22. The number of halogens is 3. The predicted molar refractivity (Wildman–Crippen MR) is 33.9 cm³/mol. The Morgan fingerprint density at radius 2 is 1.85 bits per heavy atom. The molecule has 7 heteroatoms. The third-order valence-electron chi connectivity index (χ3n) is 1.000. The van der Waals surface area contributed by atoms with Crippen LogP contribution in [-0.2, 0) is 14.3 Å². The van der Waals surface area contributed by atoms with Crippen LogP contribution in [0.1, 0.15) is 12.8 Å². The standard InChI is InChI=1S/C6H7F3O4/c7-6(8,9)5(12)13-3-1-2-4(10)11/h1-3H2,(H,10,11). The zero-order valence-electron chi connectivity index (χ0n) is 6.43. The lowest BCUT2D eigenvalue weighted by atomic mass is 10.3. The molecule has 0 aliphatic rings. The number of ether oxygens (including phenoxy) is 1. The van der Waals surface area contributed by atoms with Crippen molar-refractivity contribution in [3.05, 3.63) is 0 Å². The van der Waals surface area contributed by atoms with Crippen molar-refractivity contribution >= 4 is 11.9 Å². The van der Waals surface area contributed by atoms with Gasteiger partial charge in [-0.25, -0.2) is 4.79 Å². The summed E-state index contributed by atoms with van der Waals surface area (Å²) in [6.07, 6.45) is -5.47. The zero-order valence-corrected chi connectivity index (χ0v) is 6.43. The first kappa shape index (κ1) is 11.7. The van der Waals surface area contributed by atoms with E-state index >= 15 is 0 Å². The molecule has 0 atom stereocenters. The summed E-state index contributed by atoms with van der Waals surface area (Å²) in [5.74, 6) is -3.44. The average Bonchev–Trinajstić information content (AvgIpc) is 1.95. The summed E-state index contributed by atoms with van der Waals surface area (Å²) in [7, 11) is 0. The summed E-state index contributed by atoms with van der Waals surface area (Å²) in [5.41, 5.74) is 0. The van der Waals surface area contributed by atoms with Gasteiger partial charge in [-0.3, -0.25) is 4.79 Å². The summed E-state index contributed by atoms with van der Waals surface area (Å²) in [5, 5.41) is 8.08. The topological polar surface area (TPSA) is 63.6 Å². The Labute approximate surface area is 71.3 Å². The van der Waals surface area contributed by atoms with Gasteiger partial charge in [0.1, 0.15) is 0 Å². The number of hydrogen-bond acceptors (Lipinski definition) is 3. The van der Waals surface area contributed by atoms with E-state index in [1.807, 2.05) is 0 Å². The number of carboxylic acid groups (broad SMARTS) is 1. The van der Waals surface area contributed by atoms with E-state index in [1.54, 1.807) is 0 Å². The second kappa shape index (κ2) is 4.68. The molecule has 0 unspecified atom stereocenters. The van der Waals surface area contributed by atoms with Crippen LogP contribution in [0.5, 0.6) is 0 Å². The van der Waals surface area contributed by atoms with E-state index in [0.29, 0.717) is 0 Å². The van der Waals surface area contributed by atoms with E-state index in [2.05, 4.69) is 4.74 Å². The molecule has 0 saturated heterocycles. The highest BCUT2D eigenvalue weighted by Crippen LogP contribution is 2.16. The molecule has 0 heterocycles. The van der Waals surface area contributed by atoms with Gasteiger partial charge < -0.3 is 9.84 Å². The number of alkyl halides is 3. The lowest BCUT2D eigenvalue weighted by Gasteiger charge is -2.05. The van der Waals surface area contributed by atoms with E-state index in [0.717, 1.165) is 0 Å². The van der Waals surface area contributed by atoms with Gasteiger partial charge in [-0.15, -0.1) is 0 Å². The quantitative estimate of drug-likeness (QED) is 0.542. The van der Waals surface area contributed by atoms with E-state index in [-0.39, 0.29) is 12.8 Å². The van der Waals surface area contributed by atoms with Crippen LogP contribution in [0.3, 0.4) is 0 Å². The minimum atomic E-state index is -5.01. The highest BCUT2D eigenvalue weighted by atomic mass is 19.4. The van der Waals surface area contributed by atoms with Gasteiger partial charge in [0.05, 0.1) is 6.61 Å². The lowest BCUT2D eigenvalue weighted by Crippen LogP contribution is -2.25. The van der Waals surface area contributed by atoms with Crippen molar-refractivity contribution in [1.29, 1.82) is 0 Å². The van der Waals surface area contributed by atoms with Crippen molar-refractivity contribution < 1.29 is 32.6 Å². The molecule has 0 aromatic rings. The van der Waals surface area contributed by atoms with Crippen LogP contribution < -0.4 is 0 Å². The highest BCUT2D eigenvalue weighted by molar-refractivity contribution is 5.75. The van der Waals surface area contributed by atoms with Gasteiger partial charge in [0, 0.05) is 6.42 Å². The normalized spacial score (nSPS) is 11.0. The minimum Gasteiger partial charge on any atom is -0.481 e. The molecule has 1 N–H and O–H groups in total. The number of carboxylic acids is 1. The van der Waals surface area contributed by atoms with E-state index in [4.69, 9.17) is 5.11 Å². The molecule has 0 aliphatic heterocycles. The van der Waals surface area contributed by atoms with Gasteiger partial charge in [0.15, 0.2) is 0 Å². The number of esters is 1. The molecule has 76 valence electrons. The maximum Gasteiger partial charge on any atom is 0.490 e. The van der Waals surface area contributed by atoms with Crippen molar-refractivity contribution in [2.24, 2.45) is 0 Å². The van der Waals surface area contributed by atoms with Crippen molar-refractivity contribution in [2.75, 3.05) is 6.61 Å². The molecule has 0 aliphatic carbocycles. The van der Waals surface area contributed by atoms with Crippen molar-refractivity contribution in [1.82, 2.24) is 0 Å². The Balaban J connectivity index is 3.55. The fourth-order valence-corrected chi connectivity index (χ4v) is 0.470. The fourth-order valence-electron chi connectivity index (χ4n) is 0.470. The van der Waals surface area contributed by atoms with Crippen LogP contribution in [0, 0.1) is 0 Å². The summed E-state index contributed by atoms with van der Waals surface area (Å²) >= 11 is 0. The highest BCUT2D eigenvalue weighted by Gasteiger charge is 2.40. The minimum absolute atomic E-state index is 0.128. The second-order valence-electron chi connectivity index (χ2n) is 2.13. The predicted octanol–water partition coefficient (Wildman–Crippen LogP) is 0.957. The molecule has 0 bridgehead atoms. The monoisotopic (exact) mass is 200 g/mol. The molecule has 0 fully saturated rings. The maximum absolute atomic E-state index is 11.4. The van der Waals surface area contributed by atoms with Crippen molar-refractivity contribution in [2.45, 2.75) is 19.0 Å². The van der Waals surface area contributed by atoms with Crippen LogP contribution in [-0.4, -0.2) is 29.8 Å². The summed E-state index contributed by atoms with van der Waals surface area (Å²) in [6, 6.07) is 0. The number of carbonyl (C=O) groups excluding carboxylic acids is 1. The largest absolute Gasteiger partial charge is 0.490 e. The zero-order chi connectivity index (χ0) is 10.5. The molecule has 0 spiro atoms. The van der Waals surface area contributed by atoms with Crippen molar-refractivity contribution in [3.8, 4) is 0 Å². The number of hydrogen-bond donors (Lipinski definition) is 1. The molecule has 0 aromatic carbocycles. The van der Waals surface area contributed by atoms with Crippen LogP contribution in [0.25, 0.3) is 0 Å². The third kappa shape index (κ3) is 5.94. The summed E-state index contributed by atoms with van der Waals surface area (Å²) in [4.78, 5) is 19.9. The van der Waals surface area contributed by atoms with Crippen LogP contribution in [0.4, 0.5) is 13.2 Å². The maximum atomic E-state index is 11.4. The van der Waals surface area contributed by atoms with E-state index < -0.39 is 24.7 Å². The van der Waals surface area contributed by atoms with E-state index in [1.165, 1.54) is 0 Å². The second-order valence-corrected chi connectivity index (χ2v) is 2.13.